The fraction of sp³-hybridized carbons (Fsp3) is 0.478. The first-order chi connectivity index (χ1) is 28.0. The molecule has 0 heterocycles. The Morgan fingerprint density at radius 3 is 1.61 bits per heavy atom. The quantitative estimate of drug-likeness (QED) is 0.0906. The van der Waals surface area contributed by atoms with Crippen LogP contribution in [0.5, 0.6) is 0 Å². The van der Waals surface area contributed by atoms with E-state index in [-0.39, 0.29) is 25.6 Å². The summed E-state index contributed by atoms with van der Waals surface area (Å²) in [6.45, 7) is 13.8. The molecule has 0 spiro atoms. The maximum Gasteiger partial charge on any atom is 0.408 e. The molecule has 59 heavy (non-hydrogen) atoms. The van der Waals surface area contributed by atoms with Crippen LogP contribution in [0.25, 0.3) is 0 Å². The van der Waals surface area contributed by atoms with E-state index in [0.29, 0.717) is 6.42 Å². The molecular weight excluding hydrogens is 755 g/mol. The highest BCUT2D eigenvalue weighted by atomic mass is 16.6. The van der Waals surface area contributed by atoms with Gasteiger partial charge in [-0.15, -0.1) is 0 Å². The molecule has 0 bridgehead atoms. The molecule has 0 unspecified atom stereocenters. The lowest BCUT2D eigenvalue weighted by atomic mass is 9.96. The average Bonchev–Trinajstić information content (AvgIpc) is 3.22. The molecule has 13 nitrogen and oxygen atoms in total. The van der Waals surface area contributed by atoms with Gasteiger partial charge in [-0.3, -0.25) is 14.4 Å². The maximum absolute atomic E-state index is 14.1. The smallest absolute Gasteiger partial charge is 0.408 e. The number of likely N-dealkylation sites (N-methyl/N-ethyl adjacent to an activating group) is 1. The number of ether oxygens (including phenoxy) is 4. The van der Waals surface area contributed by atoms with Crippen LogP contribution in [0.2, 0.25) is 0 Å². The third kappa shape index (κ3) is 14.9. The van der Waals surface area contributed by atoms with Gasteiger partial charge in [0, 0.05) is 19.5 Å². The normalized spacial score (nSPS) is 14.7. The van der Waals surface area contributed by atoms with Gasteiger partial charge in [-0.25, -0.2) is 14.4 Å². The number of nitrogens with one attached hydrogen (secondary N) is 2. The zero-order valence-electron chi connectivity index (χ0n) is 35.7. The van der Waals surface area contributed by atoms with Crippen molar-refractivity contribution in [2.45, 2.75) is 112 Å². The predicted octanol–water partition coefficient (Wildman–Crippen LogP) is 6.42. The van der Waals surface area contributed by atoms with E-state index in [9.17, 15) is 28.8 Å². The highest BCUT2D eigenvalue weighted by Gasteiger charge is 2.40. The summed E-state index contributed by atoms with van der Waals surface area (Å²) in [5.74, 6) is -5.60. The Balaban J connectivity index is 1.69. The molecule has 3 rings (SSSR count). The van der Waals surface area contributed by atoms with Crippen molar-refractivity contribution < 1.29 is 47.7 Å². The number of esters is 3. The van der Waals surface area contributed by atoms with Crippen LogP contribution in [-0.2, 0) is 62.6 Å². The first-order valence-corrected chi connectivity index (χ1v) is 20.2. The van der Waals surface area contributed by atoms with Crippen LogP contribution < -0.4 is 10.6 Å². The van der Waals surface area contributed by atoms with Crippen molar-refractivity contribution in [1.29, 1.82) is 0 Å². The minimum absolute atomic E-state index is 0.0180. The van der Waals surface area contributed by atoms with Crippen LogP contribution in [0.3, 0.4) is 0 Å². The molecule has 0 aliphatic heterocycles. The lowest BCUT2D eigenvalue weighted by molar-refractivity contribution is -0.177. The number of hydrogen-bond acceptors (Lipinski definition) is 10. The fourth-order valence-corrected chi connectivity index (χ4v) is 6.19. The zero-order valence-corrected chi connectivity index (χ0v) is 35.7. The molecule has 3 aromatic rings. The molecule has 0 fully saturated rings. The van der Waals surface area contributed by atoms with Gasteiger partial charge in [0.15, 0.2) is 6.10 Å². The van der Waals surface area contributed by atoms with Crippen LogP contribution in [0.15, 0.2) is 91.0 Å². The number of benzene rings is 3. The Morgan fingerprint density at radius 1 is 0.610 bits per heavy atom. The average molecular weight is 816 g/mol. The van der Waals surface area contributed by atoms with Gasteiger partial charge in [0.2, 0.25) is 12.0 Å². The van der Waals surface area contributed by atoms with Crippen molar-refractivity contribution in [3.05, 3.63) is 108 Å². The predicted molar refractivity (Wildman–Crippen MR) is 222 cm³/mol. The summed E-state index contributed by atoms with van der Waals surface area (Å²) in [4.78, 5) is 82.3. The third-order valence-corrected chi connectivity index (χ3v) is 10.2. The molecule has 3 aromatic carbocycles. The van der Waals surface area contributed by atoms with Crippen molar-refractivity contribution >= 4 is 35.8 Å². The van der Waals surface area contributed by atoms with E-state index in [0.717, 1.165) is 16.7 Å². The first-order valence-electron chi connectivity index (χ1n) is 20.2. The molecular formula is C46H61N3O10. The molecule has 3 amide bonds. The minimum atomic E-state index is -1.30. The van der Waals surface area contributed by atoms with Crippen LogP contribution >= 0.6 is 0 Å². The molecule has 0 aromatic heterocycles. The summed E-state index contributed by atoms with van der Waals surface area (Å²) >= 11 is 0. The standard InChI is InChI=1S/C46H61N3O10/c1-10-31(6)38(48-46(55)57-28-36-24-18-13-19-25-36)41(50)47-33(8)32(7)43(52)59-40(30(4)5)42(51)49(9)39(29(2)3)45(54)58-37(26-34-20-14-11-15-21-34)44(53)56-27-35-22-16-12-17-23-35/h11-25,29-33,37-40H,10,26-28H2,1-9H3,(H,47,50)(H,48,55)/t31-,32+,33+,37-,38-,39-,40-/m0/s1. The lowest BCUT2D eigenvalue weighted by Crippen LogP contribution is -2.55. The van der Waals surface area contributed by atoms with Crippen molar-refractivity contribution in [1.82, 2.24) is 15.5 Å². The van der Waals surface area contributed by atoms with Crippen LogP contribution in [-0.4, -0.2) is 78.1 Å². The van der Waals surface area contributed by atoms with Gasteiger partial charge in [0.25, 0.3) is 5.91 Å². The molecule has 0 radical (unpaired) electrons. The number of carbonyl (C=O) groups excluding carboxylic acids is 6. The Bertz CT molecular complexity index is 1810. The molecule has 7 atom stereocenters. The van der Waals surface area contributed by atoms with Gasteiger partial charge in [0.1, 0.15) is 25.3 Å². The molecule has 0 aliphatic carbocycles. The van der Waals surface area contributed by atoms with E-state index in [2.05, 4.69) is 10.6 Å². The molecule has 13 heteroatoms. The number of nitrogens with zero attached hydrogens (tertiary/aromatic N) is 1. The van der Waals surface area contributed by atoms with Gasteiger partial charge in [-0.2, -0.15) is 0 Å². The fourth-order valence-electron chi connectivity index (χ4n) is 6.19. The summed E-state index contributed by atoms with van der Waals surface area (Å²) in [5.41, 5.74) is 2.30. The molecule has 2 N–H and O–H groups in total. The van der Waals surface area contributed by atoms with Gasteiger partial charge < -0.3 is 34.5 Å². The number of rotatable bonds is 21. The highest BCUT2D eigenvalue weighted by Crippen LogP contribution is 2.21. The highest BCUT2D eigenvalue weighted by molar-refractivity contribution is 5.90. The van der Waals surface area contributed by atoms with E-state index < -0.39 is 83.9 Å². The number of carbonyl (C=O) groups is 6. The second-order valence-electron chi connectivity index (χ2n) is 15.6. The summed E-state index contributed by atoms with van der Waals surface area (Å²) < 4.78 is 22.5. The Kier molecular flexibility index (Phi) is 19.1. The SMILES string of the molecule is CC[C@H](C)[C@H](NC(=O)OCc1ccccc1)C(=O)N[C@H](C)[C@@H](C)C(=O)O[C@H](C(=O)N(C)[C@H](C(=O)O[C@@H](Cc1ccccc1)C(=O)OCc1ccccc1)C(C)C)C(C)C. The van der Waals surface area contributed by atoms with E-state index >= 15 is 0 Å². The van der Waals surface area contributed by atoms with Gasteiger partial charge in [0.05, 0.1) is 5.92 Å². The third-order valence-electron chi connectivity index (χ3n) is 10.2. The van der Waals surface area contributed by atoms with Crippen LogP contribution in [0.1, 0.15) is 78.5 Å². The number of hydrogen-bond donors (Lipinski definition) is 2. The topological polar surface area (TPSA) is 167 Å². The van der Waals surface area contributed by atoms with Crippen LogP contribution in [0.4, 0.5) is 4.79 Å². The Hall–Kier alpha value is -5.72. The van der Waals surface area contributed by atoms with Gasteiger partial charge in [-0.1, -0.05) is 139 Å². The number of alkyl carbamates (subject to hydrolysis) is 1. The monoisotopic (exact) mass is 815 g/mol. The summed E-state index contributed by atoms with van der Waals surface area (Å²) in [6.07, 6.45) is -2.73. The molecule has 0 aliphatic rings. The Morgan fingerprint density at radius 2 is 1.12 bits per heavy atom. The van der Waals surface area contributed by atoms with E-state index in [1.54, 1.807) is 53.7 Å². The second-order valence-corrected chi connectivity index (χ2v) is 15.6. The van der Waals surface area contributed by atoms with Crippen LogP contribution in [0, 0.1) is 23.7 Å². The van der Waals surface area contributed by atoms with Crippen molar-refractivity contribution in [3.8, 4) is 0 Å². The summed E-state index contributed by atoms with van der Waals surface area (Å²) in [7, 11) is 1.43. The summed E-state index contributed by atoms with van der Waals surface area (Å²) in [5, 5.41) is 5.47. The second kappa shape index (κ2) is 23.6. The minimum Gasteiger partial charge on any atom is -0.458 e. The van der Waals surface area contributed by atoms with Crippen molar-refractivity contribution in [2.75, 3.05) is 7.05 Å². The zero-order chi connectivity index (χ0) is 43.6. The molecule has 320 valence electrons. The molecule has 0 saturated heterocycles. The van der Waals surface area contributed by atoms with Crippen molar-refractivity contribution in [3.63, 3.8) is 0 Å². The van der Waals surface area contributed by atoms with Crippen molar-refractivity contribution in [2.24, 2.45) is 23.7 Å². The Labute approximate surface area is 348 Å². The van der Waals surface area contributed by atoms with E-state index in [1.807, 2.05) is 92.7 Å². The number of amides is 3. The largest absolute Gasteiger partial charge is 0.458 e. The van der Waals surface area contributed by atoms with E-state index in [4.69, 9.17) is 18.9 Å². The lowest BCUT2D eigenvalue weighted by Gasteiger charge is -2.34. The summed E-state index contributed by atoms with van der Waals surface area (Å²) in [6, 6.07) is 24.5. The maximum atomic E-state index is 14.1. The van der Waals surface area contributed by atoms with E-state index in [1.165, 1.54) is 11.9 Å². The first kappa shape index (κ1) is 47.7. The van der Waals surface area contributed by atoms with Gasteiger partial charge in [-0.05, 0) is 48.3 Å². The molecule has 0 saturated carbocycles. The van der Waals surface area contributed by atoms with Gasteiger partial charge >= 0.3 is 24.0 Å².